The Labute approximate surface area is 99.5 Å². The molecule has 16 heavy (non-hydrogen) atoms. The fraction of sp³-hybridized carbons (Fsp3) is 0.583. The predicted molar refractivity (Wildman–Crippen MR) is 66.7 cm³/mol. The van der Waals surface area contributed by atoms with Crippen LogP contribution in [0.4, 0.5) is 0 Å². The number of nitrogens with one attached hydrogen (secondary N) is 1. The van der Waals surface area contributed by atoms with E-state index in [4.69, 9.17) is 0 Å². The first-order chi connectivity index (χ1) is 7.81. The normalized spacial score (nSPS) is 18.1. The summed E-state index contributed by atoms with van der Waals surface area (Å²) in [6.45, 7) is 3.17. The van der Waals surface area contributed by atoms with Gasteiger partial charge in [0, 0.05) is 30.4 Å². The van der Waals surface area contributed by atoms with Crippen LogP contribution in [-0.2, 0) is 6.54 Å². The lowest BCUT2D eigenvalue weighted by Crippen LogP contribution is -2.26. The molecule has 0 radical (unpaired) electrons. The molecule has 2 aromatic heterocycles. The third-order valence-electron chi connectivity index (χ3n) is 3.16. The summed E-state index contributed by atoms with van der Waals surface area (Å²) >= 11 is 1.69. The van der Waals surface area contributed by atoms with Gasteiger partial charge in [-0.15, -0.1) is 11.3 Å². The largest absolute Gasteiger partial charge is 0.309 e. The predicted octanol–water partition coefficient (Wildman–Crippen LogP) is 2.67. The van der Waals surface area contributed by atoms with Gasteiger partial charge in [-0.05, 0) is 19.3 Å². The molecule has 4 heteroatoms. The molecule has 3 nitrogen and oxygen atoms in total. The Morgan fingerprint density at radius 2 is 2.50 bits per heavy atom. The summed E-state index contributed by atoms with van der Waals surface area (Å²) in [4.78, 5) is 5.65. The molecule has 2 heterocycles. The number of aromatic nitrogens is 2. The van der Waals surface area contributed by atoms with Gasteiger partial charge >= 0.3 is 0 Å². The maximum Gasteiger partial charge on any atom is 0.193 e. The lowest BCUT2D eigenvalue weighted by Gasteiger charge is -2.11. The Morgan fingerprint density at radius 1 is 1.62 bits per heavy atom. The summed E-state index contributed by atoms with van der Waals surface area (Å²) in [6, 6.07) is 0.618. The number of fused-ring (bicyclic) bond motifs is 1. The highest BCUT2D eigenvalue weighted by Gasteiger charge is 2.23. The zero-order valence-electron chi connectivity index (χ0n) is 9.52. The van der Waals surface area contributed by atoms with E-state index in [0.29, 0.717) is 6.04 Å². The fourth-order valence-electron chi connectivity index (χ4n) is 2.08. The van der Waals surface area contributed by atoms with E-state index in [1.807, 2.05) is 0 Å². The summed E-state index contributed by atoms with van der Waals surface area (Å²) in [5, 5.41) is 5.61. The van der Waals surface area contributed by atoms with Crippen LogP contribution in [0.3, 0.4) is 0 Å². The Hall–Kier alpha value is -0.870. The second kappa shape index (κ2) is 4.18. The Balaban J connectivity index is 1.55. The molecule has 0 spiro atoms. The molecule has 2 aromatic rings. The average Bonchev–Trinajstić information content (AvgIpc) is 2.82. The maximum atomic E-state index is 4.56. The molecule has 1 unspecified atom stereocenters. The molecule has 0 aliphatic heterocycles. The maximum absolute atomic E-state index is 4.56. The SMILES string of the molecule is CC(CC1CC1)NCc1cn2ccsc2n1. The Bertz CT molecular complexity index is 441. The summed E-state index contributed by atoms with van der Waals surface area (Å²) in [6.07, 6.45) is 8.37. The first-order valence-electron chi connectivity index (χ1n) is 5.96. The van der Waals surface area contributed by atoms with Gasteiger partial charge in [0.25, 0.3) is 0 Å². The van der Waals surface area contributed by atoms with E-state index in [9.17, 15) is 0 Å². The van der Waals surface area contributed by atoms with Crippen LogP contribution >= 0.6 is 11.3 Å². The smallest absolute Gasteiger partial charge is 0.193 e. The number of thiazole rings is 1. The number of nitrogens with zero attached hydrogens (tertiary/aromatic N) is 2. The van der Waals surface area contributed by atoms with Gasteiger partial charge in [0.1, 0.15) is 0 Å². The fourth-order valence-corrected chi connectivity index (χ4v) is 2.80. The zero-order chi connectivity index (χ0) is 11.0. The molecular weight excluding hydrogens is 218 g/mol. The molecule has 0 aromatic carbocycles. The van der Waals surface area contributed by atoms with Gasteiger partial charge < -0.3 is 5.32 Å². The second-order valence-corrected chi connectivity index (χ2v) is 5.66. The van der Waals surface area contributed by atoms with E-state index in [-0.39, 0.29) is 0 Å². The van der Waals surface area contributed by atoms with E-state index in [1.165, 1.54) is 19.3 Å². The molecule has 1 atom stereocenters. The lowest BCUT2D eigenvalue weighted by molar-refractivity contribution is 0.485. The molecular formula is C12H17N3S. The molecule has 1 aliphatic carbocycles. The molecule has 0 amide bonds. The van der Waals surface area contributed by atoms with Crippen molar-refractivity contribution in [3.63, 3.8) is 0 Å². The third-order valence-corrected chi connectivity index (χ3v) is 3.93. The highest BCUT2D eigenvalue weighted by atomic mass is 32.1. The standard InChI is InChI=1S/C12H17N3S/c1-9(6-10-2-3-10)13-7-11-8-15-4-5-16-12(15)14-11/h4-5,8-10,13H,2-3,6-7H2,1H3. The molecule has 1 fully saturated rings. The van der Waals surface area contributed by atoms with Crippen LogP contribution < -0.4 is 5.32 Å². The van der Waals surface area contributed by atoms with Crippen molar-refractivity contribution in [3.8, 4) is 0 Å². The highest BCUT2D eigenvalue weighted by Crippen LogP contribution is 2.33. The van der Waals surface area contributed by atoms with Crippen molar-refractivity contribution in [1.82, 2.24) is 14.7 Å². The third kappa shape index (κ3) is 2.28. The number of hydrogen-bond acceptors (Lipinski definition) is 3. The van der Waals surface area contributed by atoms with Crippen LogP contribution in [0.25, 0.3) is 4.96 Å². The number of rotatable bonds is 5. The van der Waals surface area contributed by atoms with E-state index in [1.54, 1.807) is 11.3 Å². The first kappa shape index (κ1) is 10.3. The van der Waals surface area contributed by atoms with Crippen LogP contribution in [0.15, 0.2) is 17.8 Å². The van der Waals surface area contributed by atoms with Crippen molar-refractivity contribution < 1.29 is 0 Å². The van der Waals surface area contributed by atoms with Crippen molar-refractivity contribution in [2.45, 2.75) is 38.8 Å². The lowest BCUT2D eigenvalue weighted by atomic mass is 10.1. The van der Waals surface area contributed by atoms with Crippen molar-refractivity contribution in [1.29, 1.82) is 0 Å². The van der Waals surface area contributed by atoms with Crippen LogP contribution in [0.1, 0.15) is 31.9 Å². The van der Waals surface area contributed by atoms with Gasteiger partial charge in [-0.2, -0.15) is 0 Å². The van der Waals surface area contributed by atoms with Crippen LogP contribution in [0, 0.1) is 5.92 Å². The highest BCUT2D eigenvalue weighted by molar-refractivity contribution is 7.15. The summed E-state index contributed by atoms with van der Waals surface area (Å²) < 4.78 is 2.09. The minimum Gasteiger partial charge on any atom is -0.309 e. The van der Waals surface area contributed by atoms with E-state index in [0.717, 1.165) is 23.1 Å². The monoisotopic (exact) mass is 235 g/mol. The Kier molecular flexibility index (Phi) is 2.69. The molecule has 86 valence electrons. The molecule has 3 rings (SSSR count). The second-order valence-electron chi connectivity index (χ2n) is 4.79. The van der Waals surface area contributed by atoms with Crippen LogP contribution in [-0.4, -0.2) is 15.4 Å². The van der Waals surface area contributed by atoms with E-state index >= 15 is 0 Å². The molecule has 1 saturated carbocycles. The zero-order valence-corrected chi connectivity index (χ0v) is 10.3. The van der Waals surface area contributed by atoms with Crippen molar-refractivity contribution in [2.75, 3.05) is 0 Å². The topological polar surface area (TPSA) is 29.3 Å². The molecule has 1 aliphatic rings. The van der Waals surface area contributed by atoms with Crippen molar-refractivity contribution >= 4 is 16.3 Å². The molecule has 1 N–H and O–H groups in total. The number of hydrogen-bond donors (Lipinski definition) is 1. The van der Waals surface area contributed by atoms with Gasteiger partial charge in [0.05, 0.1) is 5.69 Å². The van der Waals surface area contributed by atoms with Gasteiger partial charge in [-0.1, -0.05) is 12.8 Å². The van der Waals surface area contributed by atoms with Crippen LogP contribution in [0.5, 0.6) is 0 Å². The molecule has 0 bridgehead atoms. The molecule has 0 saturated heterocycles. The van der Waals surface area contributed by atoms with Gasteiger partial charge in [-0.3, -0.25) is 4.40 Å². The van der Waals surface area contributed by atoms with E-state index in [2.05, 4.69) is 39.4 Å². The average molecular weight is 235 g/mol. The summed E-state index contributed by atoms with van der Waals surface area (Å²) in [7, 11) is 0. The minimum absolute atomic E-state index is 0.618. The Morgan fingerprint density at radius 3 is 3.25 bits per heavy atom. The van der Waals surface area contributed by atoms with Crippen molar-refractivity contribution in [3.05, 3.63) is 23.5 Å². The quantitative estimate of drug-likeness (QED) is 0.863. The summed E-state index contributed by atoms with van der Waals surface area (Å²) in [5.41, 5.74) is 1.15. The van der Waals surface area contributed by atoms with Gasteiger partial charge in [0.2, 0.25) is 0 Å². The van der Waals surface area contributed by atoms with Gasteiger partial charge in [0.15, 0.2) is 4.96 Å². The summed E-state index contributed by atoms with van der Waals surface area (Å²) in [5.74, 6) is 0.994. The minimum atomic E-state index is 0.618. The number of imidazole rings is 1. The van der Waals surface area contributed by atoms with Crippen molar-refractivity contribution in [2.24, 2.45) is 5.92 Å². The van der Waals surface area contributed by atoms with E-state index < -0.39 is 0 Å². The van der Waals surface area contributed by atoms with Crippen LogP contribution in [0.2, 0.25) is 0 Å². The van der Waals surface area contributed by atoms with Gasteiger partial charge in [-0.25, -0.2) is 4.98 Å². The first-order valence-corrected chi connectivity index (χ1v) is 6.83.